The summed E-state index contributed by atoms with van der Waals surface area (Å²) in [5.41, 5.74) is 1.57. The van der Waals surface area contributed by atoms with Crippen LogP contribution >= 0.6 is 0 Å². The largest absolute Gasteiger partial charge is 0.393 e. The summed E-state index contributed by atoms with van der Waals surface area (Å²) in [6.45, 7) is 10.7. The van der Waals surface area contributed by atoms with E-state index in [4.69, 9.17) is 0 Å². The molecule has 0 aromatic rings. The number of hydrogen-bond donors (Lipinski definition) is 2. The molecule has 1 amide bonds. The van der Waals surface area contributed by atoms with Crippen molar-refractivity contribution < 1.29 is 15.0 Å². The van der Waals surface area contributed by atoms with Crippen LogP contribution in [0.4, 0.5) is 0 Å². The Morgan fingerprint density at radius 3 is 2.68 bits per heavy atom. The van der Waals surface area contributed by atoms with Gasteiger partial charge in [0.15, 0.2) is 0 Å². The normalized spacial score (nSPS) is 47.3. The molecule has 0 aromatic carbocycles. The number of aliphatic hydroxyl groups excluding tert-OH is 1. The highest BCUT2D eigenvalue weighted by Crippen LogP contribution is 2.67. The van der Waals surface area contributed by atoms with Crippen molar-refractivity contribution in [2.24, 2.45) is 40.4 Å². The van der Waals surface area contributed by atoms with Crippen LogP contribution < -0.4 is 0 Å². The molecule has 3 saturated carbocycles. The van der Waals surface area contributed by atoms with Crippen LogP contribution in [-0.4, -0.2) is 45.8 Å². The molecular formula is C30H49NO3. The number of amides is 1. The van der Waals surface area contributed by atoms with Crippen LogP contribution in [0.2, 0.25) is 0 Å². The van der Waals surface area contributed by atoms with Gasteiger partial charge in [0.1, 0.15) is 0 Å². The molecule has 2 N–H and O–H groups in total. The SMILES string of the molecule is CC(CCC(=O)N1CCCC(C)(O)C1)[C@H]1CC[C@H]2[C@@H]3CC=C4C[C@@H](O)CC[C@]4(C)[C@H]3CC[C@]12C. The van der Waals surface area contributed by atoms with Gasteiger partial charge in [0.25, 0.3) is 0 Å². The maximum absolute atomic E-state index is 12.9. The Morgan fingerprint density at radius 1 is 1.12 bits per heavy atom. The maximum Gasteiger partial charge on any atom is 0.222 e. The van der Waals surface area contributed by atoms with E-state index in [2.05, 4.69) is 26.8 Å². The highest BCUT2D eigenvalue weighted by Gasteiger charge is 2.59. The van der Waals surface area contributed by atoms with Crippen LogP contribution in [0.25, 0.3) is 0 Å². The second-order valence-corrected chi connectivity index (χ2v) is 13.8. The highest BCUT2D eigenvalue weighted by atomic mass is 16.3. The van der Waals surface area contributed by atoms with Crippen molar-refractivity contribution in [2.45, 2.75) is 116 Å². The number of aliphatic hydroxyl groups is 2. The van der Waals surface area contributed by atoms with Gasteiger partial charge in [0, 0.05) is 19.5 Å². The van der Waals surface area contributed by atoms with E-state index in [-0.39, 0.29) is 12.0 Å². The lowest BCUT2D eigenvalue weighted by Gasteiger charge is -2.58. The monoisotopic (exact) mass is 471 g/mol. The van der Waals surface area contributed by atoms with E-state index in [1.54, 1.807) is 5.57 Å². The van der Waals surface area contributed by atoms with Gasteiger partial charge in [0.2, 0.25) is 5.91 Å². The lowest BCUT2D eigenvalue weighted by molar-refractivity contribution is -0.138. The van der Waals surface area contributed by atoms with Crippen LogP contribution in [0.3, 0.4) is 0 Å². The predicted octanol–water partition coefficient (Wildman–Crippen LogP) is 5.72. The van der Waals surface area contributed by atoms with E-state index in [0.717, 1.165) is 68.7 Å². The molecular weight excluding hydrogens is 422 g/mol. The number of fused-ring (bicyclic) bond motifs is 5. The molecule has 4 nitrogen and oxygen atoms in total. The first-order valence-electron chi connectivity index (χ1n) is 14.4. The molecule has 0 bridgehead atoms. The van der Waals surface area contributed by atoms with Crippen molar-refractivity contribution in [3.05, 3.63) is 11.6 Å². The summed E-state index contributed by atoms with van der Waals surface area (Å²) in [6.07, 6.45) is 15.4. The van der Waals surface area contributed by atoms with Crippen molar-refractivity contribution >= 4 is 5.91 Å². The minimum absolute atomic E-state index is 0.125. The molecule has 192 valence electrons. The number of rotatable bonds is 4. The number of carbonyl (C=O) groups excluding carboxylic acids is 1. The van der Waals surface area contributed by atoms with Crippen molar-refractivity contribution in [3.63, 3.8) is 0 Å². The molecule has 0 aromatic heterocycles. The van der Waals surface area contributed by atoms with Gasteiger partial charge in [-0.1, -0.05) is 32.4 Å². The Balaban J connectivity index is 1.23. The van der Waals surface area contributed by atoms with Gasteiger partial charge in [-0.05, 0) is 118 Å². The number of nitrogens with zero attached hydrogens (tertiary/aromatic N) is 1. The number of allylic oxidation sites excluding steroid dienone is 1. The summed E-state index contributed by atoms with van der Waals surface area (Å²) in [5, 5.41) is 20.7. The van der Waals surface area contributed by atoms with E-state index in [0.29, 0.717) is 29.7 Å². The third kappa shape index (κ3) is 4.19. The average molecular weight is 472 g/mol. The first-order chi connectivity index (χ1) is 16.0. The van der Waals surface area contributed by atoms with Gasteiger partial charge in [-0.25, -0.2) is 0 Å². The second-order valence-electron chi connectivity index (χ2n) is 13.8. The molecule has 9 atom stereocenters. The standard InChI is InChI=1S/C30H49NO3/c1-20(6-11-27(33)31-17-5-14-28(2,34)19-31)24-9-10-25-23-8-7-21-18-22(32)12-15-29(21,3)26(23)13-16-30(24,25)4/h7,20,22-26,32,34H,5-6,8-19H2,1-4H3/t20?,22-,23-,24+,25-,26-,28?,29-,30+/m0/s1. The van der Waals surface area contributed by atoms with Gasteiger partial charge in [-0.3, -0.25) is 4.79 Å². The Hall–Kier alpha value is -0.870. The molecule has 5 aliphatic rings. The number of hydrogen-bond acceptors (Lipinski definition) is 3. The Labute approximate surface area is 207 Å². The topological polar surface area (TPSA) is 60.8 Å². The number of piperidine rings is 1. The molecule has 1 aliphatic heterocycles. The molecule has 0 spiro atoms. The van der Waals surface area contributed by atoms with Gasteiger partial charge < -0.3 is 15.1 Å². The minimum atomic E-state index is -0.717. The summed E-state index contributed by atoms with van der Waals surface area (Å²) >= 11 is 0. The Bertz CT molecular complexity index is 820. The Morgan fingerprint density at radius 2 is 1.91 bits per heavy atom. The lowest BCUT2D eigenvalue weighted by Crippen LogP contribution is -2.51. The van der Waals surface area contributed by atoms with Gasteiger partial charge in [0.05, 0.1) is 11.7 Å². The van der Waals surface area contributed by atoms with E-state index >= 15 is 0 Å². The Kier molecular flexibility index (Phi) is 6.50. The van der Waals surface area contributed by atoms with Crippen LogP contribution in [0.5, 0.6) is 0 Å². The number of β-amino-alcohol motifs (C(OH)–C–C–N with tert-alkyl or cyclic N) is 1. The van der Waals surface area contributed by atoms with Crippen molar-refractivity contribution in [3.8, 4) is 0 Å². The van der Waals surface area contributed by atoms with Crippen LogP contribution in [-0.2, 0) is 4.79 Å². The molecule has 1 saturated heterocycles. The van der Waals surface area contributed by atoms with Crippen LogP contribution in [0.1, 0.15) is 105 Å². The fraction of sp³-hybridized carbons (Fsp3) is 0.900. The molecule has 4 aliphatic carbocycles. The van der Waals surface area contributed by atoms with E-state index in [1.807, 2.05) is 11.8 Å². The quantitative estimate of drug-likeness (QED) is 0.516. The zero-order chi connectivity index (χ0) is 24.3. The van der Waals surface area contributed by atoms with Gasteiger partial charge >= 0.3 is 0 Å². The minimum Gasteiger partial charge on any atom is -0.393 e. The van der Waals surface area contributed by atoms with Gasteiger partial charge in [-0.15, -0.1) is 0 Å². The van der Waals surface area contributed by atoms with Crippen molar-refractivity contribution in [1.82, 2.24) is 4.90 Å². The molecule has 4 fully saturated rings. The van der Waals surface area contributed by atoms with Crippen molar-refractivity contribution in [2.75, 3.05) is 13.1 Å². The third-order valence-electron chi connectivity index (χ3n) is 11.7. The van der Waals surface area contributed by atoms with E-state index in [9.17, 15) is 15.0 Å². The van der Waals surface area contributed by atoms with Gasteiger partial charge in [-0.2, -0.15) is 0 Å². The van der Waals surface area contributed by atoms with Crippen molar-refractivity contribution in [1.29, 1.82) is 0 Å². The summed E-state index contributed by atoms with van der Waals surface area (Å²) in [7, 11) is 0. The molecule has 5 rings (SSSR count). The highest BCUT2D eigenvalue weighted by molar-refractivity contribution is 5.76. The number of carbonyl (C=O) groups is 1. The fourth-order valence-corrected chi connectivity index (χ4v) is 9.76. The molecule has 0 radical (unpaired) electrons. The first kappa shape index (κ1) is 24.8. The third-order valence-corrected chi connectivity index (χ3v) is 11.7. The molecule has 34 heavy (non-hydrogen) atoms. The second kappa shape index (κ2) is 8.91. The number of likely N-dealkylation sites (tertiary alicyclic amines) is 1. The predicted molar refractivity (Wildman–Crippen MR) is 136 cm³/mol. The summed E-state index contributed by atoms with van der Waals surface area (Å²) < 4.78 is 0. The molecule has 4 heteroatoms. The lowest BCUT2D eigenvalue weighted by atomic mass is 9.47. The average Bonchev–Trinajstić information content (AvgIpc) is 3.14. The van der Waals surface area contributed by atoms with E-state index in [1.165, 1.54) is 32.1 Å². The summed E-state index contributed by atoms with van der Waals surface area (Å²) in [5.74, 6) is 3.96. The van der Waals surface area contributed by atoms with Crippen LogP contribution in [0.15, 0.2) is 11.6 Å². The molecule has 1 heterocycles. The summed E-state index contributed by atoms with van der Waals surface area (Å²) in [4.78, 5) is 14.8. The summed E-state index contributed by atoms with van der Waals surface area (Å²) in [6, 6.07) is 0. The van der Waals surface area contributed by atoms with E-state index < -0.39 is 5.60 Å². The maximum atomic E-state index is 12.9. The zero-order valence-electron chi connectivity index (χ0n) is 22.2. The van der Waals surface area contributed by atoms with Crippen LogP contribution in [0, 0.1) is 40.4 Å². The first-order valence-corrected chi connectivity index (χ1v) is 14.4. The fourth-order valence-electron chi connectivity index (χ4n) is 9.76. The smallest absolute Gasteiger partial charge is 0.222 e. The zero-order valence-corrected chi connectivity index (χ0v) is 22.2. The molecule has 2 unspecified atom stereocenters.